The molecule has 138 valence electrons. The summed E-state index contributed by atoms with van der Waals surface area (Å²) in [6.07, 6.45) is 3.22. The number of nitrogens with zero attached hydrogens (tertiary/aromatic N) is 2. The lowest BCUT2D eigenvalue weighted by atomic mass is 10.2. The van der Waals surface area contributed by atoms with E-state index in [-0.39, 0.29) is 5.91 Å². The van der Waals surface area contributed by atoms with E-state index in [9.17, 15) is 13.2 Å². The van der Waals surface area contributed by atoms with Crippen LogP contribution < -0.4 is 4.74 Å². The molecule has 2 heterocycles. The van der Waals surface area contributed by atoms with Gasteiger partial charge in [0, 0.05) is 37.8 Å². The number of piperazine rings is 1. The zero-order valence-electron chi connectivity index (χ0n) is 14.4. The molecule has 0 atom stereocenters. The average Bonchev–Trinajstić information content (AvgIpc) is 3.22. The number of rotatable bonds is 5. The molecule has 0 aliphatic carbocycles. The number of hydrogen-bond donors (Lipinski definition) is 0. The van der Waals surface area contributed by atoms with Crippen LogP contribution in [0.2, 0.25) is 0 Å². The molecule has 1 aromatic heterocycles. The molecule has 0 bridgehead atoms. The minimum Gasteiger partial charge on any atom is -0.496 e. The van der Waals surface area contributed by atoms with Gasteiger partial charge in [0.05, 0.1) is 7.11 Å². The number of amides is 1. The molecule has 2 aromatic rings. The molecule has 3 rings (SSSR count). The van der Waals surface area contributed by atoms with Gasteiger partial charge in [-0.15, -0.1) is 11.3 Å². The second kappa shape index (κ2) is 8.03. The Hall–Kier alpha value is -2.16. The number of benzene rings is 1. The Morgan fingerprint density at radius 3 is 2.50 bits per heavy atom. The summed E-state index contributed by atoms with van der Waals surface area (Å²) in [7, 11) is -1.87. The maximum Gasteiger partial charge on any atom is 0.252 e. The summed E-state index contributed by atoms with van der Waals surface area (Å²) < 4.78 is 32.1. The Labute approximate surface area is 157 Å². The van der Waals surface area contributed by atoms with Crippen LogP contribution in [0.4, 0.5) is 0 Å². The van der Waals surface area contributed by atoms with Crippen LogP contribution in [0.25, 0.3) is 6.08 Å². The molecule has 0 radical (unpaired) electrons. The Morgan fingerprint density at radius 1 is 1.12 bits per heavy atom. The highest BCUT2D eigenvalue weighted by Crippen LogP contribution is 2.22. The third-order valence-corrected chi connectivity index (χ3v) is 7.46. The van der Waals surface area contributed by atoms with E-state index in [1.54, 1.807) is 35.6 Å². The fraction of sp³-hybridized carbons (Fsp3) is 0.278. The maximum atomic E-state index is 12.5. The van der Waals surface area contributed by atoms with Gasteiger partial charge >= 0.3 is 0 Å². The van der Waals surface area contributed by atoms with Crippen LogP contribution in [0.1, 0.15) is 5.56 Å². The summed E-state index contributed by atoms with van der Waals surface area (Å²) in [6.45, 7) is 1.35. The second-order valence-corrected chi connectivity index (χ2v) is 8.85. The smallest absolute Gasteiger partial charge is 0.252 e. The van der Waals surface area contributed by atoms with Gasteiger partial charge in [-0.25, -0.2) is 8.42 Å². The Morgan fingerprint density at radius 2 is 1.85 bits per heavy atom. The summed E-state index contributed by atoms with van der Waals surface area (Å²) in [5, 5.41) is 1.75. The van der Waals surface area contributed by atoms with Crippen molar-refractivity contribution in [1.29, 1.82) is 0 Å². The molecular weight excluding hydrogens is 372 g/mol. The molecule has 0 saturated carbocycles. The van der Waals surface area contributed by atoms with Crippen molar-refractivity contribution in [3.05, 3.63) is 53.4 Å². The predicted molar refractivity (Wildman–Crippen MR) is 102 cm³/mol. The van der Waals surface area contributed by atoms with Crippen molar-refractivity contribution >= 4 is 33.3 Å². The molecule has 1 aliphatic heterocycles. The van der Waals surface area contributed by atoms with Gasteiger partial charge in [0.25, 0.3) is 10.0 Å². The Balaban J connectivity index is 1.61. The van der Waals surface area contributed by atoms with Crippen LogP contribution >= 0.6 is 11.3 Å². The lowest BCUT2D eigenvalue weighted by molar-refractivity contribution is -0.127. The first-order valence-corrected chi connectivity index (χ1v) is 10.5. The highest BCUT2D eigenvalue weighted by molar-refractivity contribution is 7.91. The lowest BCUT2D eigenvalue weighted by Crippen LogP contribution is -2.50. The van der Waals surface area contributed by atoms with E-state index in [4.69, 9.17) is 4.74 Å². The minimum absolute atomic E-state index is 0.135. The molecule has 6 nitrogen and oxygen atoms in total. The molecular formula is C18H20N2O4S2. The topological polar surface area (TPSA) is 66.9 Å². The van der Waals surface area contributed by atoms with Crippen molar-refractivity contribution in [1.82, 2.24) is 9.21 Å². The fourth-order valence-corrected chi connectivity index (χ4v) is 5.32. The van der Waals surface area contributed by atoms with E-state index >= 15 is 0 Å². The third-order valence-electron chi connectivity index (χ3n) is 4.18. The van der Waals surface area contributed by atoms with Crippen LogP contribution in [0.5, 0.6) is 5.75 Å². The molecule has 8 heteroatoms. The number of carbonyl (C=O) groups is 1. The lowest BCUT2D eigenvalue weighted by Gasteiger charge is -2.33. The summed E-state index contributed by atoms with van der Waals surface area (Å²) in [6, 6.07) is 10.8. The maximum absolute atomic E-state index is 12.5. The number of para-hydroxylation sites is 1. The van der Waals surface area contributed by atoms with E-state index < -0.39 is 10.0 Å². The Kier molecular flexibility index (Phi) is 5.75. The third kappa shape index (κ3) is 3.98. The van der Waals surface area contributed by atoms with Gasteiger partial charge in [-0.3, -0.25) is 4.79 Å². The number of hydrogen-bond acceptors (Lipinski definition) is 5. The number of methoxy groups -OCH3 is 1. The van der Waals surface area contributed by atoms with E-state index in [1.165, 1.54) is 21.7 Å². The molecule has 1 saturated heterocycles. The minimum atomic E-state index is -3.45. The van der Waals surface area contributed by atoms with Crippen molar-refractivity contribution < 1.29 is 17.9 Å². The SMILES string of the molecule is COc1ccccc1/C=C/C(=O)N1CCN(S(=O)(=O)c2cccs2)CC1. The molecule has 1 amide bonds. The van der Waals surface area contributed by atoms with Crippen LogP contribution in [0.3, 0.4) is 0 Å². The summed E-state index contributed by atoms with van der Waals surface area (Å²) in [5.74, 6) is 0.562. The van der Waals surface area contributed by atoms with E-state index in [0.717, 1.165) is 5.56 Å². The van der Waals surface area contributed by atoms with Crippen molar-refractivity contribution in [3.63, 3.8) is 0 Å². The van der Waals surface area contributed by atoms with Gasteiger partial charge in [-0.2, -0.15) is 4.31 Å². The number of carbonyl (C=O) groups excluding carboxylic acids is 1. The van der Waals surface area contributed by atoms with Crippen molar-refractivity contribution in [3.8, 4) is 5.75 Å². The van der Waals surface area contributed by atoms with Gasteiger partial charge in [0.15, 0.2) is 0 Å². The summed E-state index contributed by atoms with van der Waals surface area (Å²) >= 11 is 1.21. The van der Waals surface area contributed by atoms with E-state index in [2.05, 4.69) is 0 Å². The molecule has 26 heavy (non-hydrogen) atoms. The monoisotopic (exact) mass is 392 g/mol. The highest BCUT2D eigenvalue weighted by Gasteiger charge is 2.30. The standard InChI is InChI=1S/C18H20N2O4S2/c1-24-16-6-3-2-5-15(16)8-9-17(21)19-10-12-20(13-11-19)26(22,23)18-7-4-14-25-18/h2-9,14H,10-13H2,1H3/b9-8+. The van der Waals surface area contributed by atoms with Crippen molar-refractivity contribution in [2.75, 3.05) is 33.3 Å². The quantitative estimate of drug-likeness (QED) is 0.733. The Bertz CT molecular complexity index is 884. The van der Waals surface area contributed by atoms with Gasteiger partial charge in [-0.05, 0) is 23.6 Å². The number of thiophene rings is 1. The first-order valence-electron chi connectivity index (χ1n) is 8.16. The van der Waals surface area contributed by atoms with Gasteiger partial charge in [0.1, 0.15) is 9.96 Å². The first kappa shape index (κ1) is 18.6. The second-order valence-electron chi connectivity index (χ2n) is 5.74. The normalized spacial score (nSPS) is 16.1. The molecule has 0 spiro atoms. The zero-order valence-corrected chi connectivity index (χ0v) is 16.0. The summed E-state index contributed by atoms with van der Waals surface area (Å²) in [4.78, 5) is 14.0. The molecule has 1 fully saturated rings. The van der Waals surface area contributed by atoms with Gasteiger partial charge in [-0.1, -0.05) is 24.3 Å². The zero-order chi connectivity index (χ0) is 18.6. The average molecular weight is 393 g/mol. The van der Waals surface area contributed by atoms with E-state index in [0.29, 0.717) is 36.1 Å². The van der Waals surface area contributed by atoms with Crippen LogP contribution in [-0.4, -0.2) is 56.8 Å². The molecule has 1 aromatic carbocycles. The molecule has 1 aliphatic rings. The summed E-state index contributed by atoms with van der Waals surface area (Å²) in [5.41, 5.74) is 0.822. The number of sulfonamides is 1. The van der Waals surface area contributed by atoms with Crippen LogP contribution in [0, 0.1) is 0 Å². The van der Waals surface area contributed by atoms with Crippen LogP contribution in [0.15, 0.2) is 52.1 Å². The highest BCUT2D eigenvalue weighted by atomic mass is 32.2. The van der Waals surface area contributed by atoms with Crippen LogP contribution in [-0.2, 0) is 14.8 Å². The number of ether oxygens (including phenoxy) is 1. The molecule has 0 N–H and O–H groups in total. The largest absolute Gasteiger partial charge is 0.496 e. The van der Waals surface area contributed by atoms with Crippen molar-refractivity contribution in [2.24, 2.45) is 0 Å². The van der Waals surface area contributed by atoms with Crippen molar-refractivity contribution in [2.45, 2.75) is 4.21 Å². The first-order chi connectivity index (χ1) is 12.5. The van der Waals surface area contributed by atoms with Gasteiger partial charge < -0.3 is 9.64 Å². The predicted octanol–water partition coefficient (Wildman–Crippen LogP) is 2.30. The van der Waals surface area contributed by atoms with E-state index in [1.807, 2.05) is 24.3 Å². The fourth-order valence-electron chi connectivity index (χ4n) is 2.76. The molecule has 0 unspecified atom stereocenters. The van der Waals surface area contributed by atoms with Gasteiger partial charge in [0.2, 0.25) is 5.91 Å².